The van der Waals surface area contributed by atoms with Crippen molar-refractivity contribution in [3.63, 3.8) is 0 Å². The first-order chi connectivity index (χ1) is 9.88. The highest BCUT2D eigenvalue weighted by atomic mass is 79.9. The zero-order valence-electron chi connectivity index (χ0n) is 10.8. The number of amides is 1. The van der Waals surface area contributed by atoms with E-state index >= 15 is 0 Å². The van der Waals surface area contributed by atoms with Gasteiger partial charge in [0.25, 0.3) is 5.91 Å². The molecular formula is C13H12BrN3O3S. The zero-order valence-corrected chi connectivity index (χ0v) is 13.2. The summed E-state index contributed by atoms with van der Waals surface area (Å²) in [6.45, 7) is 0.184. The number of carbonyl (C=O) groups is 1. The lowest BCUT2D eigenvalue weighted by molar-refractivity contribution is 0.0949. The number of hydrogen-bond acceptors (Lipinski definition) is 4. The van der Waals surface area contributed by atoms with Gasteiger partial charge in [0.2, 0.25) is 10.0 Å². The molecule has 0 aliphatic carbocycles. The van der Waals surface area contributed by atoms with E-state index in [2.05, 4.69) is 26.2 Å². The Balaban J connectivity index is 2.11. The van der Waals surface area contributed by atoms with Crippen molar-refractivity contribution in [1.29, 1.82) is 0 Å². The predicted octanol–water partition coefficient (Wildman–Crippen LogP) is 1.42. The first-order valence-corrected chi connectivity index (χ1v) is 8.22. The molecule has 8 heteroatoms. The largest absolute Gasteiger partial charge is 0.348 e. The quantitative estimate of drug-likeness (QED) is 0.795. The third-order valence-electron chi connectivity index (χ3n) is 2.68. The summed E-state index contributed by atoms with van der Waals surface area (Å²) in [5.74, 6) is -0.309. The summed E-state index contributed by atoms with van der Waals surface area (Å²) < 4.78 is 23.0. The molecule has 0 radical (unpaired) electrons. The molecule has 0 fully saturated rings. The molecule has 0 spiro atoms. The zero-order chi connectivity index (χ0) is 15.5. The topological polar surface area (TPSA) is 102 Å². The second-order valence-corrected chi connectivity index (χ2v) is 6.53. The van der Waals surface area contributed by atoms with Gasteiger partial charge in [-0.25, -0.2) is 18.5 Å². The monoisotopic (exact) mass is 369 g/mol. The van der Waals surface area contributed by atoms with Gasteiger partial charge in [-0.15, -0.1) is 0 Å². The third kappa shape index (κ3) is 4.10. The van der Waals surface area contributed by atoms with E-state index in [1.54, 1.807) is 30.5 Å². The Kier molecular flexibility index (Phi) is 4.71. The molecule has 110 valence electrons. The van der Waals surface area contributed by atoms with Crippen LogP contribution < -0.4 is 10.5 Å². The smallest absolute Gasteiger partial charge is 0.254 e. The van der Waals surface area contributed by atoms with Crippen molar-refractivity contribution in [2.45, 2.75) is 11.4 Å². The Labute approximate surface area is 130 Å². The maximum atomic E-state index is 12.0. The van der Waals surface area contributed by atoms with Crippen LogP contribution in [0.1, 0.15) is 15.9 Å². The van der Waals surface area contributed by atoms with Gasteiger partial charge in [0.1, 0.15) is 4.60 Å². The van der Waals surface area contributed by atoms with Crippen LogP contribution in [0, 0.1) is 0 Å². The van der Waals surface area contributed by atoms with Crippen LogP contribution in [-0.2, 0) is 16.6 Å². The van der Waals surface area contributed by atoms with Crippen molar-refractivity contribution in [2.75, 3.05) is 0 Å². The summed E-state index contributed by atoms with van der Waals surface area (Å²) in [4.78, 5) is 16.0. The minimum absolute atomic E-state index is 0.0109. The van der Waals surface area contributed by atoms with Crippen molar-refractivity contribution in [3.05, 3.63) is 58.3 Å². The van der Waals surface area contributed by atoms with Crippen molar-refractivity contribution in [3.8, 4) is 0 Å². The number of nitrogens with one attached hydrogen (secondary N) is 1. The van der Waals surface area contributed by atoms with Gasteiger partial charge in [-0.3, -0.25) is 4.79 Å². The van der Waals surface area contributed by atoms with Crippen LogP contribution in [0.15, 0.2) is 52.1 Å². The molecule has 0 aliphatic heterocycles. The van der Waals surface area contributed by atoms with E-state index in [1.165, 1.54) is 12.1 Å². The van der Waals surface area contributed by atoms with Gasteiger partial charge in [-0.1, -0.05) is 12.1 Å². The first kappa shape index (κ1) is 15.6. The molecular weight excluding hydrogens is 358 g/mol. The van der Waals surface area contributed by atoms with Crippen LogP contribution >= 0.6 is 15.9 Å². The minimum atomic E-state index is -3.75. The lowest BCUT2D eigenvalue weighted by atomic mass is 10.2. The number of benzene rings is 1. The van der Waals surface area contributed by atoms with Crippen molar-refractivity contribution >= 4 is 31.9 Å². The van der Waals surface area contributed by atoms with Crippen LogP contribution in [0.5, 0.6) is 0 Å². The Morgan fingerprint density at radius 2 is 2.05 bits per heavy atom. The van der Waals surface area contributed by atoms with E-state index in [1.807, 2.05) is 0 Å². The number of carbonyl (C=O) groups excluding carboxylic acids is 1. The van der Waals surface area contributed by atoms with Crippen molar-refractivity contribution in [1.82, 2.24) is 10.3 Å². The van der Waals surface area contributed by atoms with E-state index in [4.69, 9.17) is 5.14 Å². The Bertz CT molecular complexity index is 778. The van der Waals surface area contributed by atoms with Gasteiger partial charge in [0.15, 0.2) is 0 Å². The van der Waals surface area contributed by atoms with E-state index < -0.39 is 10.0 Å². The fraction of sp³-hybridized carbons (Fsp3) is 0.0769. The van der Waals surface area contributed by atoms with Crippen molar-refractivity contribution in [2.24, 2.45) is 5.14 Å². The number of nitrogens with zero attached hydrogens (tertiary/aromatic N) is 1. The summed E-state index contributed by atoms with van der Waals surface area (Å²) >= 11 is 3.19. The molecule has 2 aromatic rings. The summed E-state index contributed by atoms with van der Waals surface area (Å²) in [6.07, 6.45) is 1.57. The first-order valence-electron chi connectivity index (χ1n) is 5.88. The Morgan fingerprint density at radius 1 is 1.29 bits per heavy atom. The van der Waals surface area contributed by atoms with E-state index in [-0.39, 0.29) is 17.3 Å². The minimum Gasteiger partial charge on any atom is -0.348 e. The molecule has 3 N–H and O–H groups in total. The summed E-state index contributed by atoms with van der Waals surface area (Å²) in [7, 11) is -3.75. The molecule has 1 amide bonds. The summed E-state index contributed by atoms with van der Waals surface area (Å²) in [6, 6.07) is 9.38. The number of aromatic nitrogens is 1. The van der Waals surface area contributed by atoms with E-state index in [0.29, 0.717) is 15.7 Å². The molecule has 0 aliphatic rings. The molecule has 6 nitrogen and oxygen atoms in total. The van der Waals surface area contributed by atoms with Gasteiger partial charge in [0.05, 0.1) is 10.5 Å². The Morgan fingerprint density at radius 3 is 2.71 bits per heavy atom. The lowest BCUT2D eigenvalue weighted by Gasteiger charge is -2.07. The fourth-order valence-electron chi connectivity index (χ4n) is 1.67. The maximum absolute atomic E-state index is 12.0. The lowest BCUT2D eigenvalue weighted by Crippen LogP contribution is -2.23. The molecule has 0 atom stereocenters. The maximum Gasteiger partial charge on any atom is 0.254 e. The van der Waals surface area contributed by atoms with Gasteiger partial charge < -0.3 is 5.32 Å². The van der Waals surface area contributed by atoms with Crippen LogP contribution in [-0.4, -0.2) is 19.3 Å². The third-order valence-corrected chi connectivity index (χ3v) is 4.23. The molecule has 1 heterocycles. The van der Waals surface area contributed by atoms with Crippen molar-refractivity contribution < 1.29 is 13.2 Å². The Hall–Kier alpha value is -1.77. The summed E-state index contributed by atoms with van der Waals surface area (Å²) in [5.41, 5.74) is 1.04. The van der Waals surface area contributed by atoms with Crippen LogP contribution in [0.2, 0.25) is 0 Å². The SMILES string of the molecule is NS(=O)(=O)c1cccc(CNC(=O)c2cccnc2Br)c1. The van der Waals surface area contributed by atoms with Crippen LogP contribution in [0.25, 0.3) is 0 Å². The van der Waals surface area contributed by atoms with E-state index in [0.717, 1.165) is 0 Å². The van der Waals surface area contributed by atoms with Crippen LogP contribution in [0.3, 0.4) is 0 Å². The number of pyridine rings is 1. The van der Waals surface area contributed by atoms with Gasteiger partial charge in [-0.05, 0) is 45.8 Å². The number of primary sulfonamides is 1. The second-order valence-electron chi connectivity index (χ2n) is 4.22. The van der Waals surface area contributed by atoms with Gasteiger partial charge in [-0.2, -0.15) is 0 Å². The molecule has 21 heavy (non-hydrogen) atoms. The molecule has 0 unspecified atom stereocenters. The summed E-state index contributed by atoms with van der Waals surface area (Å²) in [5, 5.41) is 7.75. The molecule has 0 saturated carbocycles. The molecule has 1 aromatic heterocycles. The highest BCUT2D eigenvalue weighted by molar-refractivity contribution is 9.10. The number of nitrogens with two attached hydrogens (primary N) is 1. The number of halogens is 1. The molecule has 2 rings (SSSR count). The number of hydrogen-bond donors (Lipinski definition) is 2. The molecule has 0 bridgehead atoms. The molecule has 1 aromatic carbocycles. The predicted molar refractivity (Wildman–Crippen MR) is 80.9 cm³/mol. The number of rotatable bonds is 4. The van der Waals surface area contributed by atoms with Crippen LogP contribution in [0.4, 0.5) is 0 Å². The molecule has 0 saturated heterocycles. The van der Waals surface area contributed by atoms with E-state index in [9.17, 15) is 13.2 Å². The standard InChI is InChI=1S/C13H12BrN3O3S/c14-12-11(5-2-6-16-12)13(18)17-8-9-3-1-4-10(7-9)21(15,19)20/h1-7H,8H2,(H,17,18)(H2,15,19,20). The highest BCUT2D eigenvalue weighted by Gasteiger charge is 2.11. The van der Waals surface area contributed by atoms with Gasteiger partial charge >= 0.3 is 0 Å². The normalized spacial score (nSPS) is 11.1. The fourth-order valence-corrected chi connectivity index (χ4v) is 2.68. The average Bonchev–Trinajstić information content (AvgIpc) is 2.45. The number of sulfonamides is 1. The highest BCUT2D eigenvalue weighted by Crippen LogP contribution is 2.13. The average molecular weight is 370 g/mol. The second kappa shape index (κ2) is 6.33. The van der Waals surface area contributed by atoms with Gasteiger partial charge in [0, 0.05) is 12.7 Å².